The monoisotopic (exact) mass is 188 g/mol. The molecule has 1 aliphatic heterocycles. The maximum Gasteiger partial charge on any atom is 0.0113 e. The molecule has 6 N–H and O–H groups in total. The van der Waals surface area contributed by atoms with Crippen molar-refractivity contribution in [3.63, 3.8) is 0 Å². The lowest BCUT2D eigenvalue weighted by Crippen LogP contribution is -2.44. The second-order valence-electron chi connectivity index (χ2n) is 3.45. The molecule has 80 valence electrons. The van der Waals surface area contributed by atoms with Crippen molar-refractivity contribution in [1.82, 2.24) is 22.5 Å². The number of hydrogen-bond acceptors (Lipinski definition) is 4. The van der Waals surface area contributed by atoms with E-state index in [0.717, 1.165) is 13.1 Å². The van der Waals surface area contributed by atoms with Gasteiger partial charge in [0.2, 0.25) is 0 Å². The number of hydrazine groups is 2. The minimum absolute atomic E-state index is 0. The van der Waals surface area contributed by atoms with Crippen LogP contribution < -0.4 is 22.5 Å². The Hall–Kier alpha value is -0.160. The Kier molecular flexibility index (Phi) is 9.80. The van der Waals surface area contributed by atoms with Crippen LogP contribution in [0.4, 0.5) is 0 Å². The summed E-state index contributed by atoms with van der Waals surface area (Å²) >= 11 is 0. The van der Waals surface area contributed by atoms with Gasteiger partial charge < -0.3 is 6.15 Å². The molecule has 0 unspecified atom stereocenters. The summed E-state index contributed by atoms with van der Waals surface area (Å²) in [4.78, 5) is 0. The van der Waals surface area contributed by atoms with E-state index < -0.39 is 0 Å². The minimum Gasteiger partial charge on any atom is -0.344 e. The normalized spacial score (nSPS) is 22.2. The van der Waals surface area contributed by atoms with E-state index in [1.807, 2.05) is 0 Å². The van der Waals surface area contributed by atoms with Crippen LogP contribution in [0, 0.1) is 0 Å². The van der Waals surface area contributed by atoms with Gasteiger partial charge in [0, 0.05) is 13.1 Å². The first-order valence-electron chi connectivity index (χ1n) is 5.21. The third-order valence-corrected chi connectivity index (χ3v) is 2.28. The number of nitrogens with one attached hydrogen (secondary N) is 3. The smallest absolute Gasteiger partial charge is 0.0113 e. The van der Waals surface area contributed by atoms with Crippen LogP contribution in [0.5, 0.6) is 0 Å². The van der Waals surface area contributed by atoms with Gasteiger partial charge in [-0.25, -0.2) is 10.9 Å². The van der Waals surface area contributed by atoms with Gasteiger partial charge in [-0.1, -0.05) is 32.1 Å². The van der Waals surface area contributed by atoms with Gasteiger partial charge in [-0.05, 0) is 12.8 Å². The number of hydrogen-bond donors (Lipinski definition) is 4. The standard InChI is InChI=1S/C9H21N3.H3N/c1-2-4-6-8-10-12-11-9-7-5-3-1;/h10-12H,1-9H2;1H3. The summed E-state index contributed by atoms with van der Waals surface area (Å²) in [6.07, 6.45) is 9.56. The summed E-state index contributed by atoms with van der Waals surface area (Å²) in [5, 5.41) is 0. The molecule has 1 heterocycles. The lowest BCUT2D eigenvalue weighted by molar-refractivity contribution is 0.405. The van der Waals surface area contributed by atoms with E-state index in [2.05, 4.69) is 16.4 Å². The molecule has 1 rings (SSSR count). The molecule has 0 atom stereocenters. The van der Waals surface area contributed by atoms with Crippen molar-refractivity contribution in [3.8, 4) is 0 Å². The predicted molar refractivity (Wildman–Crippen MR) is 56.5 cm³/mol. The first-order valence-corrected chi connectivity index (χ1v) is 5.21. The van der Waals surface area contributed by atoms with Gasteiger partial charge in [0.25, 0.3) is 0 Å². The zero-order valence-corrected chi connectivity index (χ0v) is 8.57. The van der Waals surface area contributed by atoms with Gasteiger partial charge in [0.1, 0.15) is 0 Å². The molecule has 0 bridgehead atoms. The topological polar surface area (TPSA) is 71.1 Å². The largest absolute Gasteiger partial charge is 0.344 e. The molecule has 1 fully saturated rings. The molecule has 0 aromatic heterocycles. The van der Waals surface area contributed by atoms with Crippen molar-refractivity contribution in [2.45, 2.75) is 44.9 Å². The third kappa shape index (κ3) is 8.18. The van der Waals surface area contributed by atoms with Crippen molar-refractivity contribution in [1.29, 1.82) is 0 Å². The van der Waals surface area contributed by atoms with Gasteiger partial charge in [0.15, 0.2) is 0 Å². The van der Waals surface area contributed by atoms with Crippen LogP contribution in [0.2, 0.25) is 0 Å². The van der Waals surface area contributed by atoms with E-state index in [1.165, 1.54) is 44.9 Å². The lowest BCUT2D eigenvalue weighted by Gasteiger charge is -2.10. The highest BCUT2D eigenvalue weighted by molar-refractivity contribution is 4.50. The number of rotatable bonds is 0. The molecule has 0 radical (unpaired) electrons. The summed E-state index contributed by atoms with van der Waals surface area (Å²) in [7, 11) is 0. The lowest BCUT2D eigenvalue weighted by atomic mass is 10.1. The SMILES string of the molecule is C1CCCCNNNCCCC1.N. The Morgan fingerprint density at radius 1 is 0.538 bits per heavy atom. The van der Waals surface area contributed by atoms with E-state index in [4.69, 9.17) is 0 Å². The average molecular weight is 188 g/mol. The van der Waals surface area contributed by atoms with Gasteiger partial charge in [-0.3, -0.25) is 0 Å². The van der Waals surface area contributed by atoms with Crippen LogP contribution in [0.15, 0.2) is 0 Å². The molecule has 0 saturated carbocycles. The molecule has 0 amide bonds. The maximum atomic E-state index is 3.14. The fourth-order valence-corrected chi connectivity index (χ4v) is 1.50. The predicted octanol–water partition coefficient (Wildman–Crippen LogP) is 1.49. The first kappa shape index (κ1) is 12.8. The Labute approximate surface area is 81.4 Å². The molecule has 0 aromatic rings. The highest BCUT2D eigenvalue weighted by Gasteiger charge is 1.94. The fraction of sp³-hybridized carbons (Fsp3) is 1.00. The van der Waals surface area contributed by atoms with Crippen molar-refractivity contribution < 1.29 is 0 Å². The molecule has 13 heavy (non-hydrogen) atoms. The van der Waals surface area contributed by atoms with Crippen LogP contribution >= 0.6 is 0 Å². The van der Waals surface area contributed by atoms with Crippen molar-refractivity contribution >= 4 is 0 Å². The Morgan fingerprint density at radius 2 is 0.923 bits per heavy atom. The second kappa shape index (κ2) is 9.92. The Morgan fingerprint density at radius 3 is 1.38 bits per heavy atom. The maximum absolute atomic E-state index is 3.14. The Balaban J connectivity index is 0.00000144. The van der Waals surface area contributed by atoms with Gasteiger partial charge in [-0.15, -0.1) is 0 Å². The summed E-state index contributed by atoms with van der Waals surface area (Å²) in [5.41, 5.74) is 9.29. The third-order valence-electron chi connectivity index (χ3n) is 2.28. The van der Waals surface area contributed by atoms with Crippen LogP contribution in [0.25, 0.3) is 0 Å². The van der Waals surface area contributed by atoms with Crippen molar-refractivity contribution in [2.75, 3.05) is 13.1 Å². The summed E-state index contributed by atoms with van der Waals surface area (Å²) in [6.45, 7) is 2.15. The zero-order valence-electron chi connectivity index (χ0n) is 8.57. The molecular weight excluding hydrogens is 164 g/mol. The van der Waals surface area contributed by atoms with Crippen LogP contribution in [-0.2, 0) is 0 Å². The van der Waals surface area contributed by atoms with Crippen LogP contribution in [0.3, 0.4) is 0 Å². The second-order valence-corrected chi connectivity index (χ2v) is 3.45. The summed E-state index contributed by atoms with van der Waals surface area (Å²) < 4.78 is 0. The molecule has 0 aliphatic carbocycles. The molecule has 4 nitrogen and oxygen atoms in total. The minimum atomic E-state index is 0. The molecule has 1 aliphatic rings. The molecule has 0 aromatic carbocycles. The fourth-order valence-electron chi connectivity index (χ4n) is 1.50. The zero-order chi connectivity index (χ0) is 8.49. The van der Waals surface area contributed by atoms with Gasteiger partial charge in [-0.2, -0.15) is 5.53 Å². The molecule has 1 saturated heterocycles. The Bertz CT molecular complexity index is 54.6. The quantitative estimate of drug-likeness (QED) is 0.465. The average Bonchev–Trinajstić information content (AvgIpc) is 2.05. The van der Waals surface area contributed by atoms with E-state index >= 15 is 0 Å². The van der Waals surface area contributed by atoms with Crippen molar-refractivity contribution in [2.24, 2.45) is 0 Å². The van der Waals surface area contributed by atoms with Gasteiger partial charge >= 0.3 is 0 Å². The van der Waals surface area contributed by atoms with Crippen molar-refractivity contribution in [3.05, 3.63) is 0 Å². The molecule has 4 heteroatoms. The summed E-state index contributed by atoms with van der Waals surface area (Å²) in [6, 6.07) is 0. The molecule has 0 spiro atoms. The first-order chi connectivity index (χ1) is 6.00. The van der Waals surface area contributed by atoms with E-state index in [9.17, 15) is 0 Å². The van der Waals surface area contributed by atoms with E-state index in [1.54, 1.807) is 0 Å². The van der Waals surface area contributed by atoms with Gasteiger partial charge in [0.05, 0.1) is 0 Å². The highest BCUT2D eigenvalue weighted by atomic mass is 15.6. The molecular formula is C9H24N4. The van der Waals surface area contributed by atoms with Crippen LogP contribution in [-0.4, -0.2) is 13.1 Å². The van der Waals surface area contributed by atoms with E-state index in [0.29, 0.717) is 0 Å². The summed E-state index contributed by atoms with van der Waals surface area (Å²) in [5.74, 6) is 0. The highest BCUT2D eigenvalue weighted by Crippen LogP contribution is 2.06. The van der Waals surface area contributed by atoms with Crippen LogP contribution in [0.1, 0.15) is 44.9 Å². The van der Waals surface area contributed by atoms with E-state index in [-0.39, 0.29) is 6.15 Å².